The first-order valence-electron chi connectivity index (χ1n) is 6.10. The van der Waals surface area contributed by atoms with Crippen molar-refractivity contribution in [3.63, 3.8) is 0 Å². The van der Waals surface area contributed by atoms with Gasteiger partial charge in [-0.15, -0.1) is 0 Å². The second kappa shape index (κ2) is 4.72. The van der Waals surface area contributed by atoms with Gasteiger partial charge in [-0.05, 0) is 19.9 Å². The molecule has 1 N–H and O–H groups in total. The van der Waals surface area contributed by atoms with Gasteiger partial charge in [0.05, 0.1) is 0 Å². The van der Waals surface area contributed by atoms with Gasteiger partial charge in [-0.2, -0.15) is 13.2 Å². The van der Waals surface area contributed by atoms with Crippen molar-refractivity contribution in [1.29, 1.82) is 0 Å². The Bertz CT molecular complexity index is 322. The molecular weight excluding hydrogens is 245 g/mol. The van der Waals surface area contributed by atoms with Crippen LogP contribution < -0.4 is 5.32 Å². The van der Waals surface area contributed by atoms with E-state index < -0.39 is 23.0 Å². The van der Waals surface area contributed by atoms with Gasteiger partial charge in [0.1, 0.15) is 0 Å². The van der Waals surface area contributed by atoms with Crippen molar-refractivity contribution in [2.24, 2.45) is 5.41 Å². The maximum Gasteiger partial charge on any atom is 0.412 e. The fourth-order valence-corrected chi connectivity index (χ4v) is 2.45. The number of hydrogen-bond donors (Lipinski definition) is 1. The number of carbonyl (C=O) groups excluding carboxylic acids is 1. The Kier molecular flexibility index (Phi) is 4.00. The molecule has 3 nitrogen and oxygen atoms in total. The first-order chi connectivity index (χ1) is 8.06. The van der Waals surface area contributed by atoms with Gasteiger partial charge in [-0.3, -0.25) is 4.79 Å². The maximum atomic E-state index is 13.4. The van der Waals surface area contributed by atoms with E-state index in [2.05, 4.69) is 5.32 Å². The quantitative estimate of drug-likeness (QED) is 0.831. The van der Waals surface area contributed by atoms with E-state index >= 15 is 0 Å². The molecule has 1 amide bonds. The van der Waals surface area contributed by atoms with Crippen LogP contribution in [0.4, 0.5) is 13.2 Å². The Morgan fingerprint density at radius 3 is 2.28 bits per heavy atom. The van der Waals surface area contributed by atoms with Crippen LogP contribution >= 0.6 is 0 Å². The number of nitrogens with one attached hydrogen (secondary N) is 1. The molecule has 0 aromatic carbocycles. The fourth-order valence-electron chi connectivity index (χ4n) is 2.45. The van der Waals surface area contributed by atoms with Gasteiger partial charge < -0.3 is 10.2 Å². The van der Waals surface area contributed by atoms with Crippen LogP contribution in [-0.4, -0.2) is 42.7 Å². The minimum atomic E-state index is -4.41. The van der Waals surface area contributed by atoms with Crippen LogP contribution in [0, 0.1) is 5.41 Å². The van der Waals surface area contributed by atoms with E-state index in [1.165, 1.54) is 7.05 Å². The molecule has 0 aliphatic carbocycles. The summed E-state index contributed by atoms with van der Waals surface area (Å²) in [5, 5.41) is 2.58. The summed E-state index contributed by atoms with van der Waals surface area (Å²) in [5.41, 5.74) is -2.85. The molecule has 0 radical (unpaired) electrons. The van der Waals surface area contributed by atoms with Crippen LogP contribution in [0.1, 0.15) is 33.6 Å². The smallest absolute Gasteiger partial charge is 0.326 e. The SMILES string of the molecule is CNCC1(C(F)(F)F)CCCN1C(=O)C(C)(C)C. The van der Waals surface area contributed by atoms with Gasteiger partial charge >= 0.3 is 6.18 Å². The molecule has 1 heterocycles. The summed E-state index contributed by atoms with van der Waals surface area (Å²) >= 11 is 0. The van der Waals surface area contributed by atoms with Gasteiger partial charge in [0.15, 0.2) is 5.54 Å². The van der Waals surface area contributed by atoms with E-state index in [1.807, 2.05) is 0 Å². The fraction of sp³-hybridized carbons (Fsp3) is 0.917. The second-order valence-corrected chi connectivity index (χ2v) is 5.87. The Morgan fingerprint density at radius 1 is 1.33 bits per heavy atom. The lowest BCUT2D eigenvalue weighted by molar-refractivity contribution is -0.224. The minimum Gasteiger partial charge on any atom is -0.326 e. The van der Waals surface area contributed by atoms with Crippen molar-refractivity contribution in [1.82, 2.24) is 10.2 Å². The normalized spacial score (nSPS) is 25.6. The minimum absolute atomic E-state index is 0.0286. The van der Waals surface area contributed by atoms with Gasteiger partial charge in [-0.25, -0.2) is 0 Å². The topological polar surface area (TPSA) is 32.3 Å². The number of likely N-dealkylation sites (N-methyl/N-ethyl adjacent to an activating group) is 1. The molecule has 1 unspecified atom stereocenters. The average Bonchev–Trinajstić information content (AvgIpc) is 2.59. The number of nitrogens with zero attached hydrogens (tertiary/aromatic N) is 1. The zero-order valence-electron chi connectivity index (χ0n) is 11.3. The molecule has 1 aliphatic heterocycles. The molecule has 0 bridgehead atoms. The summed E-state index contributed by atoms with van der Waals surface area (Å²) in [5.74, 6) is -0.437. The Hall–Kier alpha value is -0.780. The highest BCUT2D eigenvalue weighted by Crippen LogP contribution is 2.44. The molecular formula is C12H21F3N2O. The largest absolute Gasteiger partial charge is 0.412 e. The van der Waals surface area contributed by atoms with Crippen LogP contribution in [0.2, 0.25) is 0 Å². The lowest BCUT2D eigenvalue weighted by Gasteiger charge is -2.42. The number of likely N-dealkylation sites (tertiary alicyclic amines) is 1. The van der Waals surface area contributed by atoms with Gasteiger partial charge in [0.2, 0.25) is 5.91 Å². The van der Waals surface area contributed by atoms with E-state index in [-0.39, 0.29) is 19.5 Å². The van der Waals surface area contributed by atoms with Crippen molar-refractivity contribution in [3.05, 3.63) is 0 Å². The van der Waals surface area contributed by atoms with Crippen LogP contribution in [0.5, 0.6) is 0 Å². The summed E-state index contributed by atoms with van der Waals surface area (Å²) in [6.07, 6.45) is -4.05. The van der Waals surface area contributed by atoms with Crippen LogP contribution in [0.25, 0.3) is 0 Å². The van der Waals surface area contributed by atoms with Crippen molar-refractivity contribution < 1.29 is 18.0 Å². The number of halogens is 3. The number of alkyl halides is 3. The summed E-state index contributed by atoms with van der Waals surface area (Å²) in [6, 6.07) is 0. The molecule has 1 rings (SSSR count). The predicted octanol–water partition coefficient (Wildman–Crippen LogP) is 2.18. The molecule has 0 spiro atoms. The van der Waals surface area contributed by atoms with Crippen LogP contribution in [0.15, 0.2) is 0 Å². The predicted molar refractivity (Wildman–Crippen MR) is 63.1 cm³/mol. The molecule has 1 atom stereocenters. The summed E-state index contributed by atoms with van der Waals surface area (Å²) in [7, 11) is 1.48. The van der Waals surface area contributed by atoms with Gasteiger partial charge in [0.25, 0.3) is 0 Å². The van der Waals surface area contributed by atoms with E-state index in [1.54, 1.807) is 20.8 Å². The lowest BCUT2D eigenvalue weighted by atomic mass is 9.89. The number of carbonyl (C=O) groups is 1. The monoisotopic (exact) mass is 266 g/mol. The molecule has 0 aromatic rings. The molecule has 1 fully saturated rings. The standard InChI is InChI=1S/C12H21F3N2O/c1-10(2,3)9(18)17-7-5-6-11(17,8-16-4)12(13,14)15/h16H,5-8H2,1-4H3. The van der Waals surface area contributed by atoms with Gasteiger partial charge in [-0.1, -0.05) is 20.8 Å². The Morgan fingerprint density at radius 2 is 1.89 bits per heavy atom. The first kappa shape index (κ1) is 15.3. The number of amides is 1. The zero-order chi connectivity index (χ0) is 14.2. The summed E-state index contributed by atoms with van der Waals surface area (Å²) in [6.45, 7) is 4.87. The summed E-state index contributed by atoms with van der Waals surface area (Å²) in [4.78, 5) is 13.2. The molecule has 1 aliphatic rings. The highest BCUT2D eigenvalue weighted by atomic mass is 19.4. The maximum absolute atomic E-state index is 13.4. The van der Waals surface area contributed by atoms with Crippen molar-refractivity contribution >= 4 is 5.91 Å². The van der Waals surface area contributed by atoms with E-state index in [4.69, 9.17) is 0 Å². The summed E-state index contributed by atoms with van der Waals surface area (Å²) < 4.78 is 40.1. The molecule has 18 heavy (non-hydrogen) atoms. The second-order valence-electron chi connectivity index (χ2n) is 5.87. The molecule has 1 saturated heterocycles. The Balaban J connectivity index is 3.14. The van der Waals surface area contributed by atoms with E-state index in [9.17, 15) is 18.0 Å². The molecule has 0 aromatic heterocycles. The lowest BCUT2D eigenvalue weighted by Crippen LogP contribution is -2.63. The van der Waals surface area contributed by atoms with Crippen LogP contribution in [-0.2, 0) is 4.79 Å². The third-order valence-corrected chi connectivity index (χ3v) is 3.37. The van der Waals surface area contributed by atoms with E-state index in [0.717, 1.165) is 4.90 Å². The Labute approximate surface area is 106 Å². The van der Waals surface area contributed by atoms with Crippen molar-refractivity contribution in [3.8, 4) is 0 Å². The highest BCUT2D eigenvalue weighted by molar-refractivity contribution is 5.82. The van der Waals surface area contributed by atoms with Crippen LogP contribution in [0.3, 0.4) is 0 Å². The molecule has 0 saturated carbocycles. The van der Waals surface area contributed by atoms with Crippen molar-refractivity contribution in [2.75, 3.05) is 20.1 Å². The zero-order valence-corrected chi connectivity index (χ0v) is 11.3. The molecule has 6 heteroatoms. The van der Waals surface area contributed by atoms with Gasteiger partial charge in [0, 0.05) is 18.5 Å². The third-order valence-electron chi connectivity index (χ3n) is 3.37. The van der Waals surface area contributed by atoms with Crippen molar-refractivity contribution in [2.45, 2.75) is 45.3 Å². The highest BCUT2D eigenvalue weighted by Gasteiger charge is 2.62. The first-order valence-corrected chi connectivity index (χ1v) is 6.10. The number of hydrogen-bond acceptors (Lipinski definition) is 2. The number of rotatable bonds is 2. The molecule has 106 valence electrons. The average molecular weight is 266 g/mol. The van der Waals surface area contributed by atoms with E-state index in [0.29, 0.717) is 6.42 Å². The third kappa shape index (κ3) is 2.48.